The van der Waals surface area contributed by atoms with Crippen molar-refractivity contribution in [2.75, 3.05) is 6.61 Å². The van der Waals surface area contributed by atoms with Gasteiger partial charge in [-0.2, -0.15) is 0 Å². The second-order valence-corrected chi connectivity index (χ2v) is 3.49. The lowest BCUT2D eigenvalue weighted by Gasteiger charge is -2.11. The zero-order valence-corrected chi connectivity index (χ0v) is 9.19. The Balaban J connectivity index is 2.62. The van der Waals surface area contributed by atoms with Crippen LogP contribution < -0.4 is 5.73 Å². The molecule has 0 aliphatic carbocycles. The molecule has 3 heteroatoms. The van der Waals surface area contributed by atoms with Gasteiger partial charge in [-0.05, 0) is 31.4 Å². The van der Waals surface area contributed by atoms with Crippen molar-refractivity contribution in [1.82, 2.24) is 0 Å². The first-order chi connectivity index (χ1) is 7.15. The van der Waals surface area contributed by atoms with E-state index in [9.17, 15) is 4.79 Å². The highest BCUT2D eigenvalue weighted by Crippen LogP contribution is 2.09. The van der Waals surface area contributed by atoms with Gasteiger partial charge in [0.25, 0.3) is 0 Å². The van der Waals surface area contributed by atoms with Crippen molar-refractivity contribution in [2.24, 2.45) is 5.73 Å². The third-order valence-electron chi connectivity index (χ3n) is 2.29. The van der Waals surface area contributed by atoms with Gasteiger partial charge in [-0.3, -0.25) is 4.79 Å². The highest BCUT2D eigenvalue weighted by Gasteiger charge is 2.15. The summed E-state index contributed by atoms with van der Waals surface area (Å²) in [6, 6.07) is 7.34. The van der Waals surface area contributed by atoms with E-state index >= 15 is 0 Å². The lowest BCUT2D eigenvalue weighted by Crippen LogP contribution is -2.34. The Labute approximate surface area is 90.2 Å². The molecule has 0 aromatic heterocycles. The summed E-state index contributed by atoms with van der Waals surface area (Å²) >= 11 is 0. The molecule has 1 atom stereocenters. The molecule has 0 fully saturated rings. The van der Waals surface area contributed by atoms with Gasteiger partial charge in [0, 0.05) is 0 Å². The molecule has 0 bridgehead atoms. The van der Waals surface area contributed by atoms with E-state index in [2.05, 4.69) is 0 Å². The summed E-state index contributed by atoms with van der Waals surface area (Å²) < 4.78 is 4.85. The average molecular weight is 207 g/mol. The lowest BCUT2D eigenvalue weighted by molar-refractivity contribution is -0.144. The molecule has 0 saturated heterocycles. The molecule has 0 heterocycles. The first-order valence-corrected chi connectivity index (χ1v) is 5.12. The number of nitrogens with two attached hydrogens (primary N) is 1. The average Bonchev–Trinajstić information content (AvgIpc) is 2.21. The minimum absolute atomic E-state index is 0.333. The van der Waals surface area contributed by atoms with Crippen molar-refractivity contribution in [2.45, 2.75) is 26.3 Å². The topological polar surface area (TPSA) is 52.3 Å². The van der Waals surface area contributed by atoms with E-state index in [0.717, 1.165) is 11.1 Å². The number of carbonyl (C=O) groups is 1. The Morgan fingerprint density at radius 1 is 1.47 bits per heavy atom. The third kappa shape index (κ3) is 3.36. The van der Waals surface area contributed by atoms with Crippen LogP contribution in [0.3, 0.4) is 0 Å². The SMILES string of the molecule is CCOC(=O)[C@H](N)Cc1ccccc1C. The molecule has 2 N–H and O–H groups in total. The fourth-order valence-corrected chi connectivity index (χ4v) is 1.41. The molecule has 1 aromatic carbocycles. The van der Waals surface area contributed by atoms with E-state index in [-0.39, 0.29) is 5.97 Å². The van der Waals surface area contributed by atoms with Crippen LogP contribution in [0.5, 0.6) is 0 Å². The van der Waals surface area contributed by atoms with E-state index in [1.807, 2.05) is 31.2 Å². The normalized spacial score (nSPS) is 12.2. The third-order valence-corrected chi connectivity index (χ3v) is 2.29. The summed E-state index contributed by atoms with van der Waals surface area (Å²) in [4.78, 5) is 11.3. The van der Waals surface area contributed by atoms with Crippen LogP contribution in [0.2, 0.25) is 0 Å². The second kappa shape index (κ2) is 5.51. The summed E-state index contributed by atoms with van der Waals surface area (Å²) in [5, 5.41) is 0. The van der Waals surface area contributed by atoms with Crippen molar-refractivity contribution in [1.29, 1.82) is 0 Å². The molecule has 82 valence electrons. The number of ether oxygens (including phenoxy) is 1. The van der Waals surface area contributed by atoms with Crippen molar-refractivity contribution in [3.63, 3.8) is 0 Å². The van der Waals surface area contributed by atoms with Crippen LogP contribution in [0.25, 0.3) is 0 Å². The maximum Gasteiger partial charge on any atom is 0.323 e. The van der Waals surface area contributed by atoms with Gasteiger partial charge in [0.05, 0.1) is 6.61 Å². The van der Waals surface area contributed by atoms with Crippen LogP contribution in [0.15, 0.2) is 24.3 Å². The molecule has 3 nitrogen and oxygen atoms in total. The number of rotatable bonds is 4. The van der Waals surface area contributed by atoms with Gasteiger partial charge in [0.2, 0.25) is 0 Å². The monoisotopic (exact) mass is 207 g/mol. The van der Waals surface area contributed by atoms with Crippen LogP contribution in [0, 0.1) is 6.92 Å². The molecule has 0 saturated carbocycles. The lowest BCUT2D eigenvalue weighted by atomic mass is 10.0. The van der Waals surface area contributed by atoms with Crippen molar-refractivity contribution in [3.05, 3.63) is 35.4 Å². The van der Waals surface area contributed by atoms with E-state index in [1.54, 1.807) is 6.92 Å². The van der Waals surface area contributed by atoms with Gasteiger partial charge in [-0.15, -0.1) is 0 Å². The largest absolute Gasteiger partial charge is 0.465 e. The van der Waals surface area contributed by atoms with Gasteiger partial charge in [0.15, 0.2) is 0 Å². The molecule has 0 aliphatic rings. The number of hydrogen-bond donors (Lipinski definition) is 1. The molecular weight excluding hydrogens is 190 g/mol. The van der Waals surface area contributed by atoms with Crippen LogP contribution in [-0.4, -0.2) is 18.6 Å². The van der Waals surface area contributed by atoms with Crippen LogP contribution >= 0.6 is 0 Å². The summed E-state index contributed by atoms with van der Waals surface area (Å²) in [5.41, 5.74) is 7.98. The molecule has 1 aromatic rings. The standard InChI is InChI=1S/C12H17NO2/c1-3-15-12(14)11(13)8-10-7-5-4-6-9(10)2/h4-7,11H,3,8,13H2,1-2H3/t11-/m1/s1. The fourth-order valence-electron chi connectivity index (χ4n) is 1.41. The maximum atomic E-state index is 11.3. The van der Waals surface area contributed by atoms with Gasteiger partial charge in [-0.1, -0.05) is 24.3 Å². The molecule has 1 rings (SSSR count). The van der Waals surface area contributed by atoms with E-state index < -0.39 is 6.04 Å². The Bertz CT molecular complexity index is 336. The van der Waals surface area contributed by atoms with Crippen LogP contribution in [0.1, 0.15) is 18.1 Å². The molecule has 15 heavy (non-hydrogen) atoms. The number of hydrogen-bond acceptors (Lipinski definition) is 3. The predicted octanol–water partition coefficient (Wildman–Crippen LogP) is 1.43. The summed E-state index contributed by atoms with van der Waals surface area (Å²) in [6.45, 7) is 4.16. The van der Waals surface area contributed by atoms with E-state index in [1.165, 1.54) is 0 Å². The molecule has 0 radical (unpaired) electrons. The number of aryl methyl sites for hydroxylation is 1. The Morgan fingerprint density at radius 2 is 2.13 bits per heavy atom. The Kier molecular flexibility index (Phi) is 4.31. The highest BCUT2D eigenvalue weighted by atomic mass is 16.5. The Morgan fingerprint density at radius 3 is 2.73 bits per heavy atom. The fraction of sp³-hybridized carbons (Fsp3) is 0.417. The van der Waals surface area contributed by atoms with Crippen molar-refractivity contribution < 1.29 is 9.53 Å². The van der Waals surface area contributed by atoms with Gasteiger partial charge >= 0.3 is 5.97 Å². The number of esters is 1. The van der Waals surface area contributed by atoms with Gasteiger partial charge in [0.1, 0.15) is 6.04 Å². The van der Waals surface area contributed by atoms with Gasteiger partial charge in [-0.25, -0.2) is 0 Å². The molecule has 0 unspecified atom stereocenters. The van der Waals surface area contributed by atoms with Crippen LogP contribution in [-0.2, 0) is 16.0 Å². The second-order valence-electron chi connectivity index (χ2n) is 3.49. The minimum atomic E-state index is -0.564. The van der Waals surface area contributed by atoms with E-state index in [4.69, 9.17) is 10.5 Å². The first kappa shape index (κ1) is 11.7. The Hall–Kier alpha value is -1.35. The molecular formula is C12H17NO2. The van der Waals surface area contributed by atoms with Crippen LogP contribution in [0.4, 0.5) is 0 Å². The minimum Gasteiger partial charge on any atom is -0.465 e. The molecule has 0 amide bonds. The zero-order valence-electron chi connectivity index (χ0n) is 9.19. The predicted molar refractivity (Wildman–Crippen MR) is 59.5 cm³/mol. The van der Waals surface area contributed by atoms with Crippen molar-refractivity contribution in [3.8, 4) is 0 Å². The first-order valence-electron chi connectivity index (χ1n) is 5.12. The highest BCUT2D eigenvalue weighted by molar-refractivity contribution is 5.75. The molecule has 0 spiro atoms. The van der Waals surface area contributed by atoms with E-state index in [0.29, 0.717) is 13.0 Å². The number of carbonyl (C=O) groups excluding carboxylic acids is 1. The quantitative estimate of drug-likeness (QED) is 0.760. The summed E-state index contributed by atoms with van der Waals surface area (Å²) in [7, 11) is 0. The van der Waals surface area contributed by atoms with Crippen molar-refractivity contribution >= 4 is 5.97 Å². The smallest absolute Gasteiger partial charge is 0.323 e. The summed E-state index contributed by atoms with van der Waals surface area (Å²) in [5.74, 6) is -0.333. The molecule has 0 aliphatic heterocycles. The summed E-state index contributed by atoms with van der Waals surface area (Å²) in [6.07, 6.45) is 0.533. The number of benzene rings is 1. The van der Waals surface area contributed by atoms with Gasteiger partial charge < -0.3 is 10.5 Å². The zero-order chi connectivity index (χ0) is 11.3. The maximum absolute atomic E-state index is 11.3.